The summed E-state index contributed by atoms with van der Waals surface area (Å²) in [6.07, 6.45) is -4.47. The fourth-order valence-electron chi connectivity index (χ4n) is 1.89. The van der Waals surface area contributed by atoms with Gasteiger partial charge in [-0.05, 0) is 41.5 Å². The molecule has 2 N–H and O–H groups in total. The summed E-state index contributed by atoms with van der Waals surface area (Å²) in [6, 6.07) is 7.73. The van der Waals surface area contributed by atoms with Gasteiger partial charge in [0.2, 0.25) is 0 Å². The first-order chi connectivity index (χ1) is 9.70. The Hall–Kier alpha value is -0.750. The summed E-state index contributed by atoms with van der Waals surface area (Å²) < 4.78 is 38.7. The first-order valence-electron chi connectivity index (χ1n) is 5.77. The Morgan fingerprint density at radius 3 is 2.33 bits per heavy atom. The lowest BCUT2D eigenvalue weighted by atomic mass is 9.98. The molecule has 0 aliphatic heterocycles. The Kier molecular flexibility index (Phi) is 4.88. The average Bonchev–Trinajstić information content (AvgIpc) is 2.40. The van der Waals surface area contributed by atoms with Crippen LogP contribution in [0.4, 0.5) is 13.2 Å². The summed E-state index contributed by atoms with van der Waals surface area (Å²) in [5.41, 5.74) is 6.01. The van der Waals surface area contributed by atoms with Crippen molar-refractivity contribution in [2.75, 3.05) is 0 Å². The fourth-order valence-corrected chi connectivity index (χ4v) is 2.77. The molecule has 2 aromatic carbocycles. The zero-order valence-corrected chi connectivity index (χ0v) is 13.5. The topological polar surface area (TPSA) is 26.0 Å². The third-order valence-corrected chi connectivity index (χ3v) is 4.22. The minimum absolute atomic E-state index is 0.0388. The van der Waals surface area contributed by atoms with Gasteiger partial charge in [0, 0.05) is 14.5 Å². The van der Waals surface area contributed by atoms with Gasteiger partial charge >= 0.3 is 6.18 Å². The normalized spacial score (nSPS) is 13.3. The molecule has 0 radical (unpaired) electrons. The van der Waals surface area contributed by atoms with Crippen LogP contribution in [0.15, 0.2) is 40.9 Å². The highest BCUT2D eigenvalue weighted by molar-refractivity contribution is 9.10. The molecule has 0 aromatic heterocycles. The molecule has 21 heavy (non-hydrogen) atoms. The van der Waals surface area contributed by atoms with E-state index in [1.807, 2.05) is 0 Å². The zero-order chi connectivity index (χ0) is 15.8. The van der Waals surface area contributed by atoms with Gasteiger partial charge in [0.05, 0.1) is 11.6 Å². The molecule has 1 unspecified atom stereocenters. The van der Waals surface area contributed by atoms with E-state index in [1.54, 1.807) is 18.2 Å². The van der Waals surface area contributed by atoms with Crippen LogP contribution in [0.2, 0.25) is 10.0 Å². The third-order valence-electron chi connectivity index (χ3n) is 2.95. The van der Waals surface area contributed by atoms with Crippen LogP contribution in [0.3, 0.4) is 0 Å². The molecule has 1 atom stereocenters. The maximum Gasteiger partial charge on any atom is 0.417 e. The van der Waals surface area contributed by atoms with E-state index in [4.69, 9.17) is 28.9 Å². The Labute approximate surface area is 138 Å². The molecule has 112 valence electrons. The molecule has 2 rings (SSSR count). The lowest BCUT2D eigenvalue weighted by Crippen LogP contribution is -2.14. The molecule has 0 bridgehead atoms. The Bertz CT molecular complexity index is 674. The van der Waals surface area contributed by atoms with Gasteiger partial charge in [0.15, 0.2) is 0 Å². The van der Waals surface area contributed by atoms with E-state index in [9.17, 15) is 13.2 Å². The number of rotatable bonds is 2. The number of hydrogen-bond donors (Lipinski definition) is 1. The SMILES string of the molecule is NC(c1ccc(Br)c(C(F)(F)F)c1)c1cc(Cl)ccc1Cl. The average molecular weight is 399 g/mol. The molecule has 1 nitrogen and oxygen atoms in total. The van der Waals surface area contributed by atoms with Gasteiger partial charge in [0.25, 0.3) is 0 Å². The number of hydrogen-bond acceptors (Lipinski definition) is 1. The van der Waals surface area contributed by atoms with Crippen LogP contribution in [0.25, 0.3) is 0 Å². The summed E-state index contributed by atoms with van der Waals surface area (Å²) in [6.45, 7) is 0. The molecule has 0 heterocycles. The van der Waals surface area contributed by atoms with Crippen molar-refractivity contribution in [2.24, 2.45) is 5.73 Å². The van der Waals surface area contributed by atoms with Gasteiger partial charge in [-0.1, -0.05) is 45.2 Å². The third kappa shape index (κ3) is 3.72. The van der Waals surface area contributed by atoms with Crippen LogP contribution >= 0.6 is 39.1 Å². The summed E-state index contributed by atoms with van der Waals surface area (Å²) in [4.78, 5) is 0. The van der Waals surface area contributed by atoms with Crippen molar-refractivity contribution in [3.05, 3.63) is 67.6 Å². The van der Waals surface area contributed by atoms with Crippen LogP contribution in [0.5, 0.6) is 0 Å². The van der Waals surface area contributed by atoms with E-state index < -0.39 is 17.8 Å². The molecule has 0 spiro atoms. The molecule has 2 aromatic rings. The lowest BCUT2D eigenvalue weighted by molar-refractivity contribution is -0.138. The van der Waals surface area contributed by atoms with Crippen molar-refractivity contribution in [1.29, 1.82) is 0 Å². The Morgan fingerprint density at radius 1 is 1.05 bits per heavy atom. The van der Waals surface area contributed by atoms with Gasteiger partial charge in [-0.3, -0.25) is 0 Å². The summed E-state index contributed by atoms with van der Waals surface area (Å²) in [5.74, 6) is 0. The van der Waals surface area contributed by atoms with E-state index >= 15 is 0 Å². The van der Waals surface area contributed by atoms with E-state index in [-0.39, 0.29) is 4.47 Å². The summed E-state index contributed by atoms with van der Waals surface area (Å²) in [7, 11) is 0. The van der Waals surface area contributed by atoms with Crippen molar-refractivity contribution in [3.63, 3.8) is 0 Å². The quantitative estimate of drug-likeness (QED) is 0.677. The van der Waals surface area contributed by atoms with Crippen LogP contribution in [0, 0.1) is 0 Å². The van der Waals surface area contributed by atoms with Crippen molar-refractivity contribution >= 4 is 39.1 Å². The van der Waals surface area contributed by atoms with E-state index in [1.165, 1.54) is 12.1 Å². The molecule has 0 amide bonds. The number of nitrogens with two attached hydrogens (primary N) is 1. The Morgan fingerprint density at radius 2 is 1.71 bits per heavy atom. The number of halogens is 6. The zero-order valence-electron chi connectivity index (χ0n) is 10.4. The second kappa shape index (κ2) is 6.16. The highest BCUT2D eigenvalue weighted by Crippen LogP contribution is 2.37. The van der Waals surface area contributed by atoms with Crippen LogP contribution in [-0.4, -0.2) is 0 Å². The van der Waals surface area contributed by atoms with E-state index in [0.29, 0.717) is 21.2 Å². The number of alkyl halides is 3. The maximum absolute atomic E-state index is 12.9. The molecule has 0 aliphatic rings. The van der Waals surface area contributed by atoms with Gasteiger partial charge < -0.3 is 5.73 Å². The van der Waals surface area contributed by atoms with Crippen molar-refractivity contribution in [1.82, 2.24) is 0 Å². The lowest BCUT2D eigenvalue weighted by Gasteiger charge is -2.17. The highest BCUT2D eigenvalue weighted by Gasteiger charge is 2.33. The molecule has 0 aliphatic carbocycles. The first-order valence-corrected chi connectivity index (χ1v) is 7.32. The maximum atomic E-state index is 12.9. The molecular formula is C14H9BrCl2F3N. The second-order valence-corrected chi connectivity index (χ2v) is 6.08. The van der Waals surface area contributed by atoms with Crippen LogP contribution < -0.4 is 5.73 Å². The van der Waals surface area contributed by atoms with Crippen molar-refractivity contribution in [2.45, 2.75) is 12.2 Å². The molecular weight excluding hydrogens is 390 g/mol. The minimum Gasteiger partial charge on any atom is -0.320 e. The van der Waals surface area contributed by atoms with Crippen LogP contribution in [0.1, 0.15) is 22.7 Å². The van der Waals surface area contributed by atoms with E-state index in [2.05, 4.69) is 15.9 Å². The van der Waals surface area contributed by atoms with Gasteiger partial charge in [-0.2, -0.15) is 13.2 Å². The Balaban J connectivity index is 2.49. The predicted octanol–water partition coefficient (Wildman–Crippen LogP) is 5.82. The van der Waals surface area contributed by atoms with E-state index in [0.717, 1.165) is 6.07 Å². The monoisotopic (exact) mass is 397 g/mol. The van der Waals surface area contributed by atoms with Crippen molar-refractivity contribution in [3.8, 4) is 0 Å². The smallest absolute Gasteiger partial charge is 0.320 e. The minimum atomic E-state index is -4.47. The standard InChI is InChI=1S/C14H9BrCl2F3N/c15-11-3-1-7(5-10(11)14(18,19)20)13(21)9-6-8(16)2-4-12(9)17/h1-6,13H,21H2. The van der Waals surface area contributed by atoms with Gasteiger partial charge in [-0.25, -0.2) is 0 Å². The second-order valence-electron chi connectivity index (χ2n) is 4.38. The predicted molar refractivity (Wildman–Crippen MR) is 81.6 cm³/mol. The molecule has 0 saturated carbocycles. The molecule has 7 heteroatoms. The van der Waals surface area contributed by atoms with Crippen LogP contribution in [-0.2, 0) is 6.18 Å². The molecule has 0 fully saturated rings. The molecule has 0 saturated heterocycles. The largest absolute Gasteiger partial charge is 0.417 e. The highest BCUT2D eigenvalue weighted by atomic mass is 79.9. The van der Waals surface area contributed by atoms with Gasteiger partial charge in [-0.15, -0.1) is 0 Å². The summed E-state index contributed by atoms with van der Waals surface area (Å²) >= 11 is 14.8. The van der Waals surface area contributed by atoms with Gasteiger partial charge in [0.1, 0.15) is 0 Å². The fraction of sp³-hybridized carbons (Fsp3) is 0.143. The number of benzene rings is 2. The first kappa shape index (κ1) is 16.6. The summed E-state index contributed by atoms with van der Waals surface area (Å²) in [5, 5.41) is 0.765. The van der Waals surface area contributed by atoms with Crippen molar-refractivity contribution < 1.29 is 13.2 Å².